The topological polar surface area (TPSA) is 15.3 Å². The molecular formula is C13H19BrN2. The Balaban J connectivity index is 2.12. The Morgan fingerprint density at radius 3 is 2.81 bits per heavy atom. The quantitative estimate of drug-likeness (QED) is 0.897. The monoisotopic (exact) mass is 282 g/mol. The van der Waals surface area contributed by atoms with Gasteiger partial charge in [0.05, 0.1) is 0 Å². The minimum atomic E-state index is 0.244. The molecule has 1 saturated heterocycles. The molecule has 1 aliphatic heterocycles. The molecule has 0 bridgehead atoms. The number of halogens is 1. The SMILES string of the molecule is CC1(C)CNCCN1Cc1ccccc1Br. The first-order chi connectivity index (χ1) is 7.59. The highest BCUT2D eigenvalue weighted by Crippen LogP contribution is 2.23. The van der Waals surface area contributed by atoms with Crippen molar-refractivity contribution >= 4 is 15.9 Å². The Kier molecular flexibility index (Phi) is 3.67. The van der Waals surface area contributed by atoms with Gasteiger partial charge in [-0.05, 0) is 25.5 Å². The lowest BCUT2D eigenvalue weighted by Gasteiger charge is -2.43. The van der Waals surface area contributed by atoms with Crippen LogP contribution in [0.2, 0.25) is 0 Å². The maximum absolute atomic E-state index is 3.62. The molecule has 0 aliphatic carbocycles. The van der Waals surface area contributed by atoms with Crippen LogP contribution in [0.1, 0.15) is 19.4 Å². The number of piperazine rings is 1. The van der Waals surface area contributed by atoms with Gasteiger partial charge in [-0.2, -0.15) is 0 Å². The van der Waals surface area contributed by atoms with E-state index in [4.69, 9.17) is 0 Å². The fraction of sp³-hybridized carbons (Fsp3) is 0.538. The minimum absolute atomic E-state index is 0.244. The van der Waals surface area contributed by atoms with Crippen LogP contribution in [-0.4, -0.2) is 30.1 Å². The third-order valence-corrected chi connectivity index (χ3v) is 4.06. The van der Waals surface area contributed by atoms with Gasteiger partial charge in [-0.1, -0.05) is 34.1 Å². The second-order valence-corrected chi connectivity index (χ2v) is 5.86. The molecule has 1 heterocycles. The normalized spacial score (nSPS) is 20.9. The molecule has 1 aliphatic rings. The highest BCUT2D eigenvalue weighted by Gasteiger charge is 2.29. The number of rotatable bonds is 2. The summed E-state index contributed by atoms with van der Waals surface area (Å²) in [5, 5.41) is 3.45. The fourth-order valence-electron chi connectivity index (χ4n) is 2.15. The largest absolute Gasteiger partial charge is 0.314 e. The second-order valence-electron chi connectivity index (χ2n) is 5.00. The summed E-state index contributed by atoms with van der Waals surface area (Å²) in [6.45, 7) is 8.90. The van der Waals surface area contributed by atoms with E-state index >= 15 is 0 Å². The van der Waals surface area contributed by atoms with Gasteiger partial charge in [-0.3, -0.25) is 4.90 Å². The molecule has 88 valence electrons. The maximum Gasteiger partial charge on any atom is 0.0281 e. The summed E-state index contributed by atoms with van der Waals surface area (Å²) in [4.78, 5) is 2.55. The molecule has 0 atom stereocenters. The van der Waals surface area contributed by atoms with Crippen LogP contribution in [0.4, 0.5) is 0 Å². The van der Waals surface area contributed by atoms with Crippen molar-refractivity contribution in [2.24, 2.45) is 0 Å². The molecule has 1 aromatic rings. The van der Waals surface area contributed by atoms with Crippen molar-refractivity contribution in [3.05, 3.63) is 34.3 Å². The van der Waals surface area contributed by atoms with E-state index in [0.29, 0.717) is 0 Å². The van der Waals surface area contributed by atoms with Crippen molar-refractivity contribution < 1.29 is 0 Å². The van der Waals surface area contributed by atoms with Crippen molar-refractivity contribution in [1.29, 1.82) is 0 Å². The van der Waals surface area contributed by atoms with Crippen LogP contribution < -0.4 is 5.32 Å². The van der Waals surface area contributed by atoms with E-state index in [9.17, 15) is 0 Å². The predicted molar refractivity (Wildman–Crippen MR) is 71.5 cm³/mol. The van der Waals surface area contributed by atoms with Crippen LogP contribution in [-0.2, 0) is 6.54 Å². The lowest BCUT2D eigenvalue weighted by Crippen LogP contribution is -2.57. The van der Waals surface area contributed by atoms with Crippen molar-refractivity contribution in [1.82, 2.24) is 10.2 Å². The average molecular weight is 283 g/mol. The van der Waals surface area contributed by atoms with Gasteiger partial charge in [0, 0.05) is 36.2 Å². The Hall–Kier alpha value is -0.380. The van der Waals surface area contributed by atoms with Gasteiger partial charge in [-0.15, -0.1) is 0 Å². The molecule has 16 heavy (non-hydrogen) atoms. The molecule has 0 amide bonds. The van der Waals surface area contributed by atoms with E-state index in [1.165, 1.54) is 10.0 Å². The molecule has 1 aromatic carbocycles. The van der Waals surface area contributed by atoms with Gasteiger partial charge in [0.1, 0.15) is 0 Å². The highest BCUT2D eigenvalue weighted by molar-refractivity contribution is 9.10. The second kappa shape index (κ2) is 4.86. The Morgan fingerprint density at radius 2 is 2.12 bits per heavy atom. The molecule has 0 unspecified atom stereocenters. The van der Waals surface area contributed by atoms with E-state index in [-0.39, 0.29) is 5.54 Å². The summed E-state index contributed by atoms with van der Waals surface area (Å²) in [5.74, 6) is 0. The standard InChI is InChI=1S/C13H19BrN2/c1-13(2)10-15-7-8-16(13)9-11-5-3-4-6-12(11)14/h3-6,15H,7-10H2,1-2H3. The molecular weight excluding hydrogens is 264 g/mol. The van der Waals surface area contributed by atoms with Crippen LogP contribution in [0, 0.1) is 0 Å². The summed E-state index contributed by atoms with van der Waals surface area (Å²) < 4.78 is 1.21. The van der Waals surface area contributed by atoms with Crippen LogP contribution in [0.5, 0.6) is 0 Å². The number of hydrogen-bond acceptors (Lipinski definition) is 2. The summed E-state index contributed by atoms with van der Waals surface area (Å²) in [5.41, 5.74) is 1.62. The highest BCUT2D eigenvalue weighted by atomic mass is 79.9. The first-order valence-electron chi connectivity index (χ1n) is 5.79. The predicted octanol–water partition coefficient (Wildman–Crippen LogP) is 2.63. The third-order valence-electron chi connectivity index (χ3n) is 3.29. The van der Waals surface area contributed by atoms with Gasteiger partial charge in [-0.25, -0.2) is 0 Å². The van der Waals surface area contributed by atoms with Gasteiger partial charge in [0.2, 0.25) is 0 Å². The first-order valence-corrected chi connectivity index (χ1v) is 6.58. The van der Waals surface area contributed by atoms with Crippen molar-refractivity contribution in [3.8, 4) is 0 Å². The summed E-state index contributed by atoms with van der Waals surface area (Å²) in [7, 11) is 0. The van der Waals surface area contributed by atoms with E-state index in [2.05, 4.69) is 64.3 Å². The molecule has 0 aromatic heterocycles. The van der Waals surface area contributed by atoms with Crippen LogP contribution >= 0.6 is 15.9 Å². The maximum atomic E-state index is 3.62. The summed E-state index contributed by atoms with van der Waals surface area (Å²) >= 11 is 3.62. The zero-order valence-electron chi connectivity index (χ0n) is 9.96. The first kappa shape index (κ1) is 12.1. The van der Waals surface area contributed by atoms with E-state index in [0.717, 1.165) is 26.2 Å². The Labute approximate surface area is 106 Å². The number of hydrogen-bond donors (Lipinski definition) is 1. The van der Waals surface area contributed by atoms with Gasteiger partial charge >= 0.3 is 0 Å². The van der Waals surface area contributed by atoms with Crippen molar-refractivity contribution in [3.63, 3.8) is 0 Å². The number of benzene rings is 1. The van der Waals surface area contributed by atoms with Crippen LogP contribution in [0.25, 0.3) is 0 Å². The van der Waals surface area contributed by atoms with Crippen LogP contribution in [0.15, 0.2) is 28.7 Å². The van der Waals surface area contributed by atoms with E-state index in [1.54, 1.807) is 0 Å². The number of nitrogens with zero attached hydrogens (tertiary/aromatic N) is 1. The molecule has 3 heteroatoms. The van der Waals surface area contributed by atoms with Gasteiger partial charge in [0.15, 0.2) is 0 Å². The van der Waals surface area contributed by atoms with Crippen molar-refractivity contribution in [2.75, 3.05) is 19.6 Å². The minimum Gasteiger partial charge on any atom is -0.314 e. The third kappa shape index (κ3) is 2.65. The average Bonchev–Trinajstić information content (AvgIpc) is 2.24. The fourth-order valence-corrected chi connectivity index (χ4v) is 2.56. The molecule has 0 radical (unpaired) electrons. The smallest absolute Gasteiger partial charge is 0.0281 e. The summed E-state index contributed by atoms with van der Waals surface area (Å²) in [6, 6.07) is 8.48. The molecule has 2 rings (SSSR count). The zero-order chi connectivity index (χ0) is 11.6. The molecule has 0 saturated carbocycles. The molecule has 0 spiro atoms. The Morgan fingerprint density at radius 1 is 1.38 bits per heavy atom. The van der Waals surface area contributed by atoms with E-state index < -0.39 is 0 Å². The lowest BCUT2D eigenvalue weighted by molar-refractivity contribution is 0.0825. The van der Waals surface area contributed by atoms with Crippen LogP contribution in [0.3, 0.4) is 0 Å². The summed E-state index contributed by atoms with van der Waals surface area (Å²) in [6.07, 6.45) is 0. The molecule has 2 nitrogen and oxygen atoms in total. The Bertz CT molecular complexity index is 363. The molecule has 1 fully saturated rings. The van der Waals surface area contributed by atoms with Gasteiger partial charge < -0.3 is 5.32 Å². The molecule has 1 N–H and O–H groups in total. The number of nitrogens with one attached hydrogen (secondary N) is 1. The lowest BCUT2D eigenvalue weighted by atomic mass is 9.99. The van der Waals surface area contributed by atoms with Crippen molar-refractivity contribution in [2.45, 2.75) is 25.9 Å². The van der Waals surface area contributed by atoms with E-state index in [1.807, 2.05) is 0 Å². The zero-order valence-corrected chi connectivity index (χ0v) is 11.5. The van der Waals surface area contributed by atoms with Gasteiger partial charge in [0.25, 0.3) is 0 Å².